The summed E-state index contributed by atoms with van der Waals surface area (Å²) in [6.45, 7) is 3.12. The Labute approximate surface area is 194 Å². The highest BCUT2D eigenvalue weighted by Crippen LogP contribution is 2.42. The van der Waals surface area contributed by atoms with E-state index in [1.807, 2.05) is 0 Å². The maximum atomic E-state index is 14.2. The van der Waals surface area contributed by atoms with Crippen molar-refractivity contribution in [2.45, 2.75) is 25.9 Å². The van der Waals surface area contributed by atoms with Crippen molar-refractivity contribution in [3.8, 4) is 0 Å². The molecule has 0 saturated carbocycles. The van der Waals surface area contributed by atoms with Crippen molar-refractivity contribution in [1.82, 2.24) is 0 Å². The van der Waals surface area contributed by atoms with E-state index in [9.17, 15) is 32.3 Å². The highest BCUT2D eigenvalue weighted by molar-refractivity contribution is 6.28. The molecule has 0 radical (unpaired) electrons. The third kappa shape index (κ3) is 4.83. The average Bonchev–Trinajstić information content (AvgIpc) is 3.09. The van der Waals surface area contributed by atoms with E-state index < -0.39 is 29.8 Å². The summed E-state index contributed by atoms with van der Waals surface area (Å²) in [5, 5.41) is 0. The Hall–Kier alpha value is -4.01. The van der Waals surface area contributed by atoms with E-state index in [1.165, 1.54) is 55.3 Å². The fraction of sp³-hybridized carbons (Fsp3) is 0.200. The number of hydrogen-bond acceptors (Lipinski definition) is 4. The number of alkyl halides is 3. The Kier molecular flexibility index (Phi) is 6.85. The molecular weight excluding hydrogens is 449 g/mol. The highest BCUT2D eigenvalue weighted by atomic mass is 19.4. The van der Waals surface area contributed by atoms with Crippen LogP contribution in [0.5, 0.6) is 0 Å². The number of benzene rings is 2. The summed E-state index contributed by atoms with van der Waals surface area (Å²) in [7, 11) is 1.46. The van der Waals surface area contributed by atoms with Gasteiger partial charge in [0.2, 0.25) is 0 Å². The molecule has 0 aliphatic carbocycles. The molecule has 1 heterocycles. The molecule has 1 aliphatic heterocycles. The van der Waals surface area contributed by atoms with Gasteiger partial charge in [-0.3, -0.25) is 19.2 Å². The number of halogens is 3. The number of rotatable bonds is 6. The van der Waals surface area contributed by atoms with Crippen molar-refractivity contribution in [2.75, 3.05) is 16.8 Å². The monoisotopic (exact) mass is 470 g/mol. The van der Waals surface area contributed by atoms with E-state index in [2.05, 4.69) is 0 Å². The van der Waals surface area contributed by atoms with Crippen LogP contribution in [-0.2, 0) is 19.2 Å². The number of aldehydes is 1. The predicted molar refractivity (Wildman–Crippen MR) is 121 cm³/mol. The van der Waals surface area contributed by atoms with Crippen LogP contribution in [0.15, 0.2) is 60.7 Å². The first-order chi connectivity index (χ1) is 16.0. The summed E-state index contributed by atoms with van der Waals surface area (Å²) in [6.07, 6.45) is 0.137. The quantitative estimate of drug-likeness (QED) is 0.361. The van der Waals surface area contributed by atoms with Crippen LogP contribution in [0.4, 0.5) is 24.5 Å². The molecule has 176 valence electrons. The van der Waals surface area contributed by atoms with Gasteiger partial charge in [0.1, 0.15) is 12.2 Å². The lowest BCUT2D eigenvalue weighted by molar-refractivity contribution is -0.141. The highest BCUT2D eigenvalue weighted by Gasteiger charge is 2.42. The second-order valence-corrected chi connectivity index (χ2v) is 7.80. The zero-order chi connectivity index (χ0) is 25.2. The van der Waals surface area contributed by atoms with Crippen LogP contribution in [-0.4, -0.2) is 37.2 Å². The fourth-order valence-corrected chi connectivity index (χ4v) is 3.90. The minimum absolute atomic E-state index is 0.0276. The molecule has 0 fully saturated rings. The van der Waals surface area contributed by atoms with Gasteiger partial charge in [0.05, 0.1) is 5.69 Å². The molecule has 2 aromatic carbocycles. The van der Waals surface area contributed by atoms with Crippen molar-refractivity contribution in [3.63, 3.8) is 0 Å². The molecule has 0 N–H and O–H groups in total. The topological polar surface area (TPSA) is 74.8 Å². The van der Waals surface area contributed by atoms with E-state index in [-0.39, 0.29) is 16.8 Å². The Morgan fingerprint density at radius 2 is 1.53 bits per heavy atom. The largest absolute Gasteiger partial charge is 0.399 e. The van der Waals surface area contributed by atoms with Crippen LogP contribution in [0.2, 0.25) is 0 Å². The van der Waals surface area contributed by atoms with Crippen LogP contribution >= 0.6 is 0 Å². The summed E-state index contributed by atoms with van der Waals surface area (Å²) >= 11 is 0. The zero-order valence-corrected chi connectivity index (χ0v) is 18.6. The van der Waals surface area contributed by atoms with Crippen molar-refractivity contribution < 1.29 is 32.3 Å². The maximum Gasteiger partial charge on any atom is 0.399 e. The molecule has 9 heteroatoms. The lowest BCUT2D eigenvalue weighted by Crippen LogP contribution is -2.30. The number of imide groups is 1. The summed E-state index contributed by atoms with van der Waals surface area (Å²) in [5.74, 6) is -3.57. The summed E-state index contributed by atoms with van der Waals surface area (Å²) < 4.78 is 42.5. The van der Waals surface area contributed by atoms with Gasteiger partial charge >= 0.3 is 6.18 Å². The van der Waals surface area contributed by atoms with Gasteiger partial charge in [-0.25, -0.2) is 4.90 Å². The Balaban J connectivity index is 2.00. The van der Waals surface area contributed by atoms with Crippen LogP contribution < -0.4 is 9.80 Å². The number of likely N-dealkylation sites (N-methyl/N-ethyl adjacent to an activating group) is 1. The Morgan fingerprint density at radius 1 is 0.971 bits per heavy atom. The number of carbonyl (C=O) groups excluding carboxylic acids is 4. The number of aryl methyl sites for hydroxylation is 2. The van der Waals surface area contributed by atoms with E-state index in [4.69, 9.17) is 0 Å². The van der Waals surface area contributed by atoms with Crippen LogP contribution in [0.3, 0.4) is 0 Å². The minimum Gasteiger partial charge on any atom is -0.312 e. The number of carbonyl (C=O) groups is 4. The van der Waals surface area contributed by atoms with Crippen LogP contribution in [0.25, 0.3) is 0 Å². The number of hydrogen-bond donors (Lipinski definition) is 0. The van der Waals surface area contributed by atoms with E-state index >= 15 is 0 Å². The number of anilines is 2. The van der Waals surface area contributed by atoms with Gasteiger partial charge in [-0.2, -0.15) is 13.2 Å². The molecule has 1 unspecified atom stereocenters. The van der Waals surface area contributed by atoms with Crippen molar-refractivity contribution in [1.29, 1.82) is 0 Å². The lowest BCUT2D eigenvalue weighted by Gasteiger charge is -2.25. The summed E-state index contributed by atoms with van der Waals surface area (Å²) in [4.78, 5) is 48.6. The maximum absolute atomic E-state index is 14.2. The molecule has 3 rings (SSSR count). The van der Waals surface area contributed by atoms with Gasteiger partial charge in [0.15, 0.2) is 0 Å². The van der Waals surface area contributed by atoms with Gasteiger partial charge in [0.25, 0.3) is 17.7 Å². The molecule has 1 atom stereocenters. The Morgan fingerprint density at radius 3 is 2.03 bits per heavy atom. The zero-order valence-electron chi connectivity index (χ0n) is 18.6. The van der Waals surface area contributed by atoms with Crippen molar-refractivity contribution in [3.05, 3.63) is 83.0 Å². The molecule has 0 aromatic heterocycles. The molecule has 34 heavy (non-hydrogen) atoms. The first-order valence-electron chi connectivity index (χ1n) is 10.2. The van der Waals surface area contributed by atoms with E-state index in [0.29, 0.717) is 23.1 Å². The van der Waals surface area contributed by atoms with Gasteiger partial charge in [0, 0.05) is 31.0 Å². The van der Waals surface area contributed by atoms with E-state index in [1.54, 1.807) is 6.92 Å². The smallest absolute Gasteiger partial charge is 0.312 e. The molecule has 0 saturated heterocycles. The molecule has 0 spiro atoms. The van der Waals surface area contributed by atoms with Gasteiger partial charge in [-0.05, 0) is 54.3 Å². The SMILES string of the molecule is Cc1cc(C(c2ccc(N3C(=O)C=CC3=O)c(C)c2)C(F)(F)F)ccc1N(C)C(=O)/C=C\C=O. The number of allylic oxidation sites excluding steroid dienone is 1. The van der Waals surface area contributed by atoms with Crippen LogP contribution in [0.1, 0.15) is 28.2 Å². The first kappa shape index (κ1) is 24.6. The lowest BCUT2D eigenvalue weighted by atomic mass is 9.88. The third-order valence-electron chi connectivity index (χ3n) is 5.50. The second kappa shape index (κ2) is 9.46. The third-order valence-corrected chi connectivity index (χ3v) is 5.50. The number of amides is 3. The molecule has 3 amide bonds. The summed E-state index contributed by atoms with van der Waals surface area (Å²) in [6, 6.07) is 7.98. The minimum atomic E-state index is -4.63. The molecule has 0 bridgehead atoms. The number of nitrogens with zero attached hydrogens (tertiary/aromatic N) is 2. The standard InChI is InChI=1S/C25H21F3N2O4/c1-15-13-17(6-8-19(15)29(3)21(32)5-4-12-31)24(25(26,27)28)18-7-9-20(16(2)14-18)30-22(33)10-11-23(30)34/h4-14,24H,1-3H3/b5-4-. The molecule has 2 aromatic rings. The normalized spacial score (nSPS) is 14.7. The van der Waals surface area contributed by atoms with Crippen molar-refractivity contribution >= 4 is 35.4 Å². The fourth-order valence-electron chi connectivity index (χ4n) is 3.90. The van der Waals surface area contributed by atoms with Gasteiger partial charge in [-0.15, -0.1) is 0 Å². The molecule has 6 nitrogen and oxygen atoms in total. The van der Waals surface area contributed by atoms with E-state index in [0.717, 1.165) is 29.2 Å². The first-order valence-corrected chi connectivity index (χ1v) is 10.2. The van der Waals surface area contributed by atoms with Gasteiger partial charge < -0.3 is 4.90 Å². The van der Waals surface area contributed by atoms with Gasteiger partial charge in [-0.1, -0.05) is 24.3 Å². The van der Waals surface area contributed by atoms with Crippen LogP contribution in [0, 0.1) is 13.8 Å². The molecule has 1 aliphatic rings. The Bertz CT molecular complexity index is 1210. The second-order valence-electron chi connectivity index (χ2n) is 7.80. The van der Waals surface area contributed by atoms with Crippen molar-refractivity contribution in [2.24, 2.45) is 0 Å². The predicted octanol–water partition coefficient (Wildman–Crippen LogP) is 4.14. The average molecular weight is 470 g/mol. The summed E-state index contributed by atoms with van der Waals surface area (Å²) in [5.41, 5.74) is 1.33. The molecular formula is C25H21F3N2O4.